The van der Waals surface area contributed by atoms with Gasteiger partial charge in [0.05, 0.1) is 13.2 Å². The van der Waals surface area contributed by atoms with Crippen LogP contribution in [0, 0.1) is 12.3 Å². The highest BCUT2D eigenvalue weighted by atomic mass is 16.5. The molecule has 0 aromatic heterocycles. The summed E-state index contributed by atoms with van der Waals surface area (Å²) in [6, 6.07) is 6.06. The minimum atomic E-state index is -0.403. The summed E-state index contributed by atoms with van der Waals surface area (Å²) in [6.07, 6.45) is 5.35. The monoisotopic (exact) mass is 248 g/mol. The fourth-order valence-corrected chi connectivity index (χ4v) is 3.30. The molecule has 1 atom stereocenters. The molecule has 0 bridgehead atoms. The molecule has 1 aliphatic carbocycles. The number of aliphatic hydroxyl groups excluding tert-OH is 1. The molecule has 1 N–H and O–H groups in total. The number of aliphatic hydroxyl groups is 1. The summed E-state index contributed by atoms with van der Waals surface area (Å²) >= 11 is 0. The Morgan fingerprint density at radius 1 is 1.33 bits per heavy atom. The van der Waals surface area contributed by atoms with E-state index < -0.39 is 6.10 Å². The van der Waals surface area contributed by atoms with Crippen molar-refractivity contribution in [3.8, 4) is 5.75 Å². The third-order valence-corrected chi connectivity index (χ3v) is 4.56. The zero-order chi connectivity index (χ0) is 13.2. The highest BCUT2D eigenvalue weighted by Crippen LogP contribution is 2.51. The van der Waals surface area contributed by atoms with Gasteiger partial charge < -0.3 is 9.84 Å². The Morgan fingerprint density at radius 3 is 2.56 bits per heavy atom. The highest BCUT2D eigenvalue weighted by Gasteiger charge is 2.40. The summed E-state index contributed by atoms with van der Waals surface area (Å²) < 4.78 is 5.41. The molecule has 1 fully saturated rings. The van der Waals surface area contributed by atoms with Crippen molar-refractivity contribution in [1.82, 2.24) is 0 Å². The number of ether oxygens (including phenoxy) is 1. The third-order valence-electron chi connectivity index (χ3n) is 4.56. The fraction of sp³-hybridized carbons (Fsp3) is 0.625. The molecule has 1 saturated carbocycles. The van der Waals surface area contributed by atoms with Crippen molar-refractivity contribution < 1.29 is 9.84 Å². The van der Waals surface area contributed by atoms with Gasteiger partial charge in [-0.3, -0.25) is 0 Å². The van der Waals surface area contributed by atoms with Gasteiger partial charge in [0.2, 0.25) is 0 Å². The largest absolute Gasteiger partial charge is 0.496 e. The van der Waals surface area contributed by atoms with Crippen molar-refractivity contribution in [2.24, 2.45) is 5.41 Å². The predicted octanol–water partition coefficient (Wildman–Crippen LogP) is 4.01. The van der Waals surface area contributed by atoms with Crippen LogP contribution >= 0.6 is 0 Å². The Labute approximate surface area is 110 Å². The molecule has 2 heteroatoms. The number of methoxy groups -OCH3 is 1. The van der Waals surface area contributed by atoms with Gasteiger partial charge in [0, 0.05) is 11.0 Å². The van der Waals surface area contributed by atoms with Crippen LogP contribution in [0.3, 0.4) is 0 Å². The van der Waals surface area contributed by atoms with E-state index in [1.165, 1.54) is 18.4 Å². The first kappa shape index (κ1) is 13.4. The molecule has 1 aromatic rings. The van der Waals surface area contributed by atoms with E-state index in [0.29, 0.717) is 0 Å². The molecule has 1 unspecified atom stereocenters. The number of benzene rings is 1. The Bertz CT molecular complexity index is 406. The number of hydrogen-bond donors (Lipinski definition) is 1. The lowest BCUT2D eigenvalue weighted by Gasteiger charge is -2.34. The minimum absolute atomic E-state index is 0.0566. The molecule has 0 heterocycles. The SMILES string of the molecule is CCC1(C(O)c2cc(C)ccc2OC)CCCC1. The van der Waals surface area contributed by atoms with Gasteiger partial charge in [-0.05, 0) is 38.3 Å². The average Bonchev–Trinajstić information content (AvgIpc) is 2.87. The molecule has 0 radical (unpaired) electrons. The van der Waals surface area contributed by atoms with Crippen LogP contribution in [0.2, 0.25) is 0 Å². The van der Waals surface area contributed by atoms with E-state index in [1.54, 1.807) is 7.11 Å². The van der Waals surface area contributed by atoms with E-state index in [4.69, 9.17) is 4.74 Å². The van der Waals surface area contributed by atoms with E-state index in [9.17, 15) is 5.11 Å². The molecule has 2 nitrogen and oxygen atoms in total. The summed E-state index contributed by atoms with van der Waals surface area (Å²) in [5.74, 6) is 0.813. The van der Waals surface area contributed by atoms with Gasteiger partial charge in [0.25, 0.3) is 0 Å². The van der Waals surface area contributed by atoms with Gasteiger partial charge in [0.1, 0.15) is 5.75 Å². The van der Waals surface area contributed by atoms with Gasteiger partial charge in [0.15, 0.2) is 0 Å². The van der Waals surface area contributed by atoms with E-state index in [-0.39, 0.29) is 5.41 Å². The van der Waals surface area contributed by atoms with Gasteiger partial charge in [-0.1, -0.05) is 31.4 Å². The van der Waals surface area contributed by atoms with Crippen LogP contribution in [-0.2, 0) is 0 Å². The van der Waals surface area contributed by atoms with Crippen molar-refractivity contribution in [3.63, 3.8) is 0 Å². The van der Waals surface area contributed by atoms with Gasteiger partial charge in [-0.15, -0.1) is 0 Å². The Morgan fingerprint density at radius 2 is 2.00 bits per heavy atom. The zero-order valence-electron chi connectivity index (χ0n) is 11.7. The van der Waals surface area contributed by atoms with Crippen molar-refractivity contribution in [2.75, 3.05) is 7.11 Å². The Hall–Kier alpha value is -1.02. The first-order chi connectivity index (χ1) is 8.63. The molecular weight excluding hydrogens is 224 g/mol. The van der Waals surface area contributed by atoms with Crippen molar-refractivity contribution in [2.45, 2.75) is 52.1 Å². The summed E-state index contributed by atoms with van der Waals surface area (Å²) in [5, 5.41) is 10.8. The topological polar surface area (TPSA) is 29.5 Å². The second-order valence-electron chi connectivity index (χ2n) is 5.57. The lowest BCUT2D eigenvalue weighted by molar-refractivity contribution is 0.0220. The average molecular weight is 248 g/mol. The molecule has 18 heavy (non-hydrogen) atoms. The number of rotatable bonds is 4. The third kappa shape index (κ3) is 2.26. The standard InChI is InChI=1S/C16H24O2/c1-4-16(9-5-6-10-16)15(17)13-11-12(2)7-8-14(13)18-3/h7-8,11,15,17H,4-6,9-10H2,1-3H3. The fourth-order valence-electron chi connectivity index (χ4n) is 3.30. The van der Waals surface area contributed by atoms with Crippen molar-refractivity contribution in [3.05, 3.63) is 29.3 Å². The lowest BCUT2D eigenvalue weighted by atomic mass is 9.75. The molecule has 100 valence electrons. The van der Waals surface area contributed by atoms with Gasteiger partial charge in [-0.25, -0.2) is 0 Å². The van der Waals surface area contributed by atoms with Crippen molar-refractivity contribution in [1.29, 1.82) is 0 Å². The van der Waals surface area contributed by atoms with Crippen LogP contribution in [0.1, 0.15) is 56.3 Å². The van der Waals surface area contributed by atoms with Crippen LogP contribution in [0.25, 0.3) is 0 Å². The Kier molecular flexibility index (Phi) is 3.96. The zero-order valence-corrected chi connectivity index (χ0v) is 11.7. The smallest absolute Gasteiger partial charge is 0.124 e. The van der Waals surface area contributed by atoms with Crippen molar-refractivity contribution >= 4 is 0 Å². The minimum Gasteiger partial charge on any atom is -0.496 e. The first-order valence-corrected chi connectivity index (χ1v) is 6.95. The van der Waals surface area contributed by atoms with Crippen LogP contribution in [0.15, 0.2) is 18.2 Å². The normalized spacial score (nSPS) is 19.8. The van der Waals surface area contributed by atoms with Crippen LogP contribution in [0.5, 0.6) is 5.75 Å². The summed E-state index contributed by atoms with van der Waals surface area (Å²) in [7, 11) is 1.67. The van der Waals surface area contributed by atoms with Crippen LogP contribution in [0.4, 0.5) is 0 Å². The second-order valence-corrected chi connectivity index (χ2v) is 5.57. The summed E-state index contributed by atoms with van der Waals surface area (Å²) in [5.41, 5.74) is 2.19. The maximum absolute atomic E-state index is 10.8. The molecule has 0 aliphatic heterocycles. The first-order valence-electron chi connectivity index (χ1n) is 6.95. The molecule has 0 spiro atoms. The molecule has 1 aliphatic rings. The molecular formula is C16H24O2. The quantitative estimate of drug-likeness (QED) is 0.872. The van der Waals surface area contributed by atoms with E-state index in [1.807, 2.05) is 12.1 Å². The van der Waals surface area contributed by atoms with E-state index in [0.717, 1.165) is 30.6 Å². The number of hydrogen-bond acceptors (Lipinski definition) is 2. The van der Waals surface area contributed by atoms with E-state index in [2.05, 4.69) is 19.9 Å². The molecule has 0 amide bonds. The van der Waals surface area contributed by atoms with Crippen LogP contribution in [-0.4, -0.2) is 12.2 Å². The summed E-state index contributed by atoms with van der Waals surface area (Å²) in [4.78, 5) is 0. The Balaban J connectivity index is 2.37. The van der Waals surface area contributed by atoms with E-state index >= 15 is 0 Å². The highest BCUT2D eigenvalue weighted by molar-refractivity contribution is 5.39. The second kappa shape index (κ2) is 5.31. The summed E-state index contributed by atoms with van der Waals surface area (Å²) in [6.45, 7) is 4.25. The molecule has 0 saturated heterocycles. The predicted molar refractivity (Wildman–Crippen MR) is 73.9 cm³/mol. The maximum Gasteiger partial charge on any atom is 0.124 e. The van der Waals surface area contributed by atoms with Crippen LogP contribution < -0.4 is 4.74 Å². The molecule has 1 aromatic carbocycles. The molecule has 2 rings (SSSR count). The lowest BCUT2D eigenvalue weighted by Crippen LogP contribution is -2.25. The maximum atomic E-state index is 10.8. The van der Waals surface area contributed by atoms with Gasteiger partial charge >= 0.3 is 0 Å². The number of aryl methyl sites for hydroxylation is 1. The van der Waals surface area contributed by atoms with Gasteiger partial charge in [-0.2, -0.15) is 0 Å².